The fourth-order valence-corrected chi connectivity index (χ4v) is 6.08. The minimum absolute atomic E-state index is 0.0421. The Labute approximate surface area is 218 Å². The molecule has 3 aliphatic rings. The SMILES string of the molecule is Nc1cc2c3c(c1)c(C1=C(c4cnc5ccccn45)C(=O)CC1=O)nn3CCN(C(=O)N1CCCCC1)C2. The highest BCUT2D eigenvalue weighted by atomic mass is 16.2. The van der Waals surface area contributed by atoms with Gasteiger partial charge in [-0.1, -0.05) is 6.07 Å². The number of allylic oxidation sites excluding steroid dienone is 2. The van der Waals surface area contributed by atoms with Crippen LogP contribution in [0.15, 0.2) is 42.7 Å². The lowest BCUT2D eigenvalue weighted by molar-refractivity contribution is -0.119. The Balaban J connectivity index is 1.37. The van der Waals surface area contributed by atoms with E-state index in [0.717, 1.165) is 48.8 Å². The van der Waals surface area contributed by atoms with Crippen molar-refractivity contribution in [1.29, 1.82) is 0 Å². The summed E-state index contributed by atoms with van der Waals surface area (Å²) >= 11 is 0. The summed E-state index contributed by atoms with van der Waals surface area (Å²) in [6.45, 7) is 2.95. The summed E-state index contributed by atoms with van der Waals surface area (Å²) in [5.74, 6) is -0.502. The summed E-state index contributed by atoms with van der Waals surface area (Å²) in [6, 6.07) is 9.33. The van der Waals surface area contributed by atoms with Gasteiger partial charge in [0.1, 0.15) is 11.3 Å². The van der Waals surface area contributed by atoms with E-state index in [-0.39, 0.29) is 24.0 Å². The maximum Gasteiger partial charge on any atom is 0.320 e. The number of urea groups is 1. The number of amides is 2. The number of hydrogen-bond acceptors (Lipinski definition) is 6. The average Bonchev–Trinajstić information content (AvgIpc) is 3.54. The van der Waals surface area contributed by atoms with Crippen molar-refractivity contribution in [3.8, 4) is 0 Å². The molecule has 1 aromatic carbocycles. The van der Waals surface area contributed by atoms with E-state index in [9.17, 15) is 14.4 Å². The molecule has 0 spiro atoms. The fraction of sp³-hybridized carbons (Fsp3) is 0.321. The van der Waals surface area contributed by atoms with Crippen LogP contribution in [0.5, 0.6) is 0 Å². The van der Waals surface area contributed by atoms with E-state index in [1.54, 1.807) is 6.20 Å². The summed E-state index contributed by atoms with van der Waals surface area (Å²) in [7, 11) is 0. The van der Waals surface area contributed by atoms with Gasteiger partial charge >= 0.3 is 6.03 Å². The van der Waals surface area contributed by atoms with Gasteiger partial charge in [0.15, 0.2) is 11.6 Å². The van der Waals surface area contributed by atoms with Crippen LogP contribution in [0, 0.1) is 0 Å². The summed E-state index contributed by atoms with van der Waals surface area (Å²) in [6.07, 6.45) is 6.48. The fourth-order valence-electron chi connectivity index (χ4n) is 6.08. The molecule has 10 heteroatoms. The van der Waals surface area contributed by atoms with Gasteiger partial charge in [0.05, 0.1) is 41.5 Å². The number of anilines is 1. The summed E-state index contributed by atoms with van der Waals surface area (Å²) < 4.78 is 3.68. The molecule has 2 amide bonds. The minimum atomic E-state index is -0.259. The van der Waals surface area contributed by atoms with Crippen molar-refractivity contribution >= 4 is 51.0 Å². The maximum atomic E-state index is 13.3. The van der Waals surface area contributed by atoms with Crippen LogP contribution in [0.25, 0.3) is 27.7 Å². The third kappa shape index (κ3) is 3.43. The number of nitrogens with two attached hydrogens (primary N) is 1. The van der Waals surface area contributed by atoms with Crippen molar-refractivity contribution in [2.75, 3.05) is 25.4 Å². The van der Waals surface area contributed by atoms with Gasteiger partial charge in [-0.25, -0.2) is 9.78 Å². The number of piperidine rings is 1. The third-order valence-corrected chi connectivity index (χ3v) is 7.82. The van der Waals surface area contributed by atoms with E-state index in [0.29, 0.717) is 53.5 Å². The molecule has 3 aromatic heterocycles. The van der Waals surface area contributed by atoms with Gasteiger partial charge in [0.25, 0.3) is 0 Å². The molecule has 5 heterocycles. The lowest BCUT2D eigenvalue weighted by Gasteiger charge is -2.32. The molecular formula is C28H27N7O3. The molecule has 10 nitrogen and oxygen atoms in total. The van der Waals surface area contributed by atoms with Gasteiger partial charge in [0.2, 0.25) is 0 Å². The second kappa shape index (κ2) is 8.54. The van der Waals surface area contributed by atoms with Gasteiger partial charge in [-0.15, -0.1) is 0 Å². The molecule has 2 aliphatic heterocycles. The molecule has 2 N–H and O–H groups in total. The molecule has 0 unspecified atom stereocenters. The van der Waals surface area contributed by atoms with E-state index >= 15 is 0 Å². The molecule has 4 aromatic rings. The van der Waals surface area contributed by atoms with Gasteiger partial charge < -0.3 is 15.5 Å². The first-order valence-corrected chi connectivity index (χ1v) is 13.1. The van der Waals surface area contributed by atoms with Gasteiger partial charge in [0, 0.05) is 43.4 Å². The highest BCUT2D eigenvalue weighted by Gasteiger charge is 2.37. The van der Waals surface area contributed by atoms with E-state index in [1.165, 1.54) is 0 Å². The zero-order valence-electron chi connectivity index (χ0n) is 20.9. The van der Waals surface area contributed by atoms with Gasteiger partial charge in [-0.05, 0) is 49.1 Å². The first-order valence-electron chi connectivity index (χ1n) is 13.1. The quantitative estimate of drug-likeness (QED) is 0.328. The van der Waals surface area contributed by atoms with Crippen LogP contribution in [0.2, 0.25) is 0 Å². The van der Waals surface area contributed by atoms with E-state index < -0.39 is 0 Å². The number of benzene rings is 1. The molecule has 0 atom stereocenters. The highest BCUT2D eigenvalue weighted by molar-refractivity contribution is 6.51. The smallest absolute Gasteiger partial charge is 0.320 e. The van der Waals surface area contributed by atoms with E-state index in [1.807, 2.05) is 55.4 Å². The third-order valence-electron chi connectivity index (χ3n) is 7.82. The lowest BCUT2D eigenvalue weighted by atomic mass is 10.00. The van der Waals surface area contributed by atoms with Crippen molar-refractivity contribution in [2.45, 2.75) is 38.8 Å². The number of carbonyl (C=O) groups is 3. The van der Waals surface area contributed by atoms with Crippen molar-refractivity contribution in [3.63, 3.8) is 0 Å². The maximum absolute atomic E-state index is 13.3. The molecule has 192 valence electrons. The topological polar surface area (TPSA) is 119 Å². The number of pyridine rings is 1. The zero-order chi connectivity index (χ0) is 26.0. The number of imidazole rings is 1. The first-order chi connectivity index (χ1) is 18.5. The van der Waals surface area contributed by atoms with Gasteiger partial charge in [-0.2, -0.15) is 5.10 Å². The number of Topliss-reactive ketones (excluding diaryl/α,β-unsaturated/α-hetero) is 2. The average molecular weight is 510 g/mol. The number of carbonyl (C=O) groups excluding carboxylic acids is 3. The van der Waals surface area contributed by atoms with Crippen LogP contribution in [0.3, 0.4) is 0 Å². The molecule has 7 rings (SSSR count). The number of fused-ring (bicyclic) bond motifs is 1. The minimum Gasteiger partial charge on any atom is -0.399 e. The Morgan fingerprint density at radius 3 is 2.58 bits per heavy atom. The molecule has 0 saturated carbocycles. The number of ketones is 2. The number of hydrogen-bond donors (Lipinski definition) is 1. The monoisotopic (exact) mass is 509 g/mol. The largest absolute Gasteiger partial charge is 0.399 e. The number of aromatic nitrogens is 4. The van der Waals surface area contributed by atoms with E-state index in [2.05, 4.69) is 4.98 Å². The molecule has 0 bridgehead atoms. The summed E-state index contributed by atoms with van der Waals surface area (Å²) in [5.41, 5.74) is 11.0. The highest BCUT2D eigenvalue weighted by Crippen LogP contribution is 2.40. The predicted molar refractivity (Wildman–Crippen MR) is 142 cm³/mol. The second-order valence-electron chi connectivity index (χ2n) is 10.2. The van der Waals surface area contributed by atoms with Gasteiger partial charge in [-0.3, -0.25) is 18.7 Å². The summed E-state index contributed by atoms with van der Waals surface area (Å²) in [4.78, 5) is 48.0. The number of nitrogen functional groups attached to an aromatic ring is 1. The Morgan fingerprint density at radius 1 is 0.921 bits per heavy atom. The molecule has 38 heavy (non-hydrogen) atoms. The Bertz CT molecular complexity index is 1690. The molecule has 1 saturated heterocycles. The number of likely N-dealkylation sites (tertiary alicyclic amines) is 1. The molecule has 1 aliphatic carbocycles. The Kier molecular flexibility index (Phi) is 5.10. The zero-order valence-corrected chi connectivity index (χ0v) is 20.9. The lowest BCUT2D eigenvalue weighted by Crippen LogP contribution is -2.45. The number of nitrogens with zero attached hydrogens (tertiary/aromatic N) is 6. The molecule has 1 fully saturated rings. The van der Waals surface area contributed by atoms with Crippen molar-refractivity contribution in [3.05, 3.63) is 59.7 Å². The van der Waals surface area contributed by atoms with Crippen LogP contribution >= 0.6 is 0 Å². The van der Waals surface area contributed by atoms with Crippen LogP contribution in [0.1, 0.15) is 42.6 Å². The van der Waals surface area contributed by atoms with E-state index in [4.69, 9.17) is 10.8 Å². The standard InChI is InChI=1S/C28H27N7O3/c29-18-12-17-16-33(28(38)32-7-3-1-4-8-32)10-11-35-27(17)19(13-18)26(31-35)25-22(37)14-21(36)24(25)20-15-30-23-6-2-5-9-34(20)23/h2,5-6,9,12-13,15H,1,3-4,7-8,10-11,14,16,29H2. The number of rotatable bonds is 2. The van der Waals surface area contributed by atoms with Crippen molar-refractivity contribution in [1.82, 2.24) is 29.0 Å². The normalized spacial score (nSPS) is 18.2. The van der Waals surface area contributed by atoms with Crippen molar-refractivity contribution in [2.24, 2.45) is 0 Å². The molecular weight excluding hydrogens is 482 g/mol. The van der Waals surface area contributed by atoms with Crippen molar-refractivity contribution < 1.29 is 14.4 Å². The summed E-state index contributed by atoms with van der Waals surface area (Å²) in [5, 5.41) is 5.60. The van der Waals surface area contributed by atoms with Crippen LogP contribution in [-0.4, -0.2) is 66.2 Å². The second-order valence-corrected chi connectivity index (χ2v) is 10.2. The van der Waals surface area contributed by atoms with Crippen LogP contribution < -0.4 is 5.73 Å². The first kappa shape index (κ1) is 22.7. The Morgan fingerprint density at radius 2 is 1.74 bits per heavy atom. The Hall–Kier alpha value is -4.47. The molecule has 0 radical (unpaired) electrons. The van der Waals surface area contributed by atoms with Crippen LogP contribution in [0.4, 0.5) is 10.5 Å². The van der Waals surface area contributed by atoms with Crippen LogP contribution in [-0.2, 0) is 22.7 Å². The predicted octanol–water partition coefficient (Wildman–Crippen LogP) is 3.14.